The first-order chi connectivity index (χ1) is 7.86. The van der Waals surface area contributed by atoms with Gasteiger partial charge >= 0.3 is 0 Å². The smallest absolute Gasteiger partial charge is 0.213 e. The van der Waals surface area contributed by atoms with Gasteiger partial charge in [-0.2, -0.15) is 0 Å². The van der Waals surface area contributed by atoms with E-state index in [0.717, 1.165) is 4.31 Å². The van der Waals surface area contributed by atoms with E-state index in [2.05, 4.69) is 0 Å². The summed E-state index contributed by atoms with van der Waals surface area (Å²) in [5.74, 6) is -0.407. The molecule has 0 aliphatic heterocycles. The Bertz CT molecular complexity index is 458. The van der Waals surface area contributed by atoms with E-state index in [0.29, 0.717) is 5.56 Å². The van der Waals surface area contributed by atoms with E-state index in [9.17, 15) is 17.9 Å². The van der Waals surface area contributed by atoms with Crippen LogP contribution in [0.2, 0.25) is 0 Å². The van der Waals surface area contributed by atoms with Crippen LogP contribution in [0.25, 0.3) is 0 Å². The lowest BCUT2D eigenvalue weighted by atomic mass is 10.1. The highest BCUT2D eigenvalue weighted by Crippen LogP contribution is 2.15. The average Bonchev–Trinajstić information content (AvgIpc) is 2.29. The predicted molar refractivity (Wildman–Crippen MR) is 63.5 cm³/mol. The Kier molecular flexibility index (Phi) is 4.62. The highest BCUT2D eigenvalue weighted by molar-refractivity contribution is 7.89. The van der Waals surface area contributed by atoms with E-state index >= 15 is 0 Å². The number of benzene rings is 1. The maximum Gasteiger partial charge on any atom is 0.213 e. The second-order valence-corrected chi connectivity index (χ2v) is 6.11. The van der Waals surface area contributed by atoms with Gasteiger partial charge in [-0.3, -0.25) is 0 Å². The standard InChI is InChI=1S/C11H16FNO3S/c1-3-17(15,16)13(2)8-11(14)9-4-6-10(12)7-5-9/h4-7,11,14H,3,8H2,1-2H3. The van der Waals surface area contributed by atoms with Crippen molar-refractivity contribution in [2.24, 2.45) is 0 Å². The fourth-order valence-electron chi connectivity index (χ4n) is 1.37. The van der Waals surface area contributed by atoms with E-state index in [1.165, 1.54) is 38.2 Å². The molecule has 1 aromatic rings. The molecule has 0 bridgehead atoms. The molecule has 1 aromatic carbocycles. The lowest BCUT2D eigenvalue weighted by Crippen LogP contribution is -2.32. The Morgan fingerprint density at radius 3 is 2.35 bits per heavy atom. The lowest BCUT2D eigenvalue weighted by Gasteiger charge is -2.20. The second-order valence-electron chi connectivity index (χ2n) is 3.75. The monoisotopic (exact) mass is 261 g/mol. The normalized spacial score (nSPS) is 13.9. The molecule has 0 fully saturated rings. The molecule has 0 radical (unpaired) electrons. The Morgan fingerprint density at radius 1 is 1.35 bits per heavy atom. The van der Waals surface area contributed by atoms with Crippen molar-refractivity contribution in [3.05, 3.63) is 35.6 Å². The third-order valence-corrected chi connectivity index (χ3v) is 4.35. The van der Waals surface area contributed by atoms with Gasteiger partial charge in [-0.15, -0.1) is 0 Å². The summed E-state index contributed by atoms with van der Waals surface area (Å²) < 4.78 is 36.7. The molecule has 0 aromatic heterocycles. The van der Waals surface area contributed by atoms with Crippen LogP contribution in [0.4, 0.5) is 4.39 Å². The quantitative estimate of drug-likeness (QED) is 0.864. The minimum atomic E-state index is -3.31. The van der Waals surface area contributed by atoms with Gasteiger partial charge < -0.3 is 5.11 Å². The number of aliphatic hydroxyl groups excluding tert-OH is 1. The number of halogens is 1. The van der Waals surface area contributed by atoms with Crippen molar-refractivity contribution < 1.29 is 17.9 Å². The summed E-state index contributed by atoms with van der Waals surface area (Å²) >= 11 is 0. The van der Waals surface area contributed by atoms with Crippen molar-refractivity contribution in [1.29, 1.82) is 0 Å². The maximum absolute atomic E-state index is 12.7. The lowest BCUT2D eigenvalue weighted by molar-refractivity contribution is 0.155. The van der Waals surface area contributed by atoms with Crippen LogP contribution >= 0.6 is 0 Å². The molecule has 1 unspecified atom stereocenters. The molecule has 1 N–H and O–H groups in total. The molecule has 0 amide bonds. The summed E-state index contributed by atoms with van der Waals surface area (Å²) in [7, 11) is -1.90. The Labute approximate surface area is 101 Å². The van der Waals surface area contributed by atoms with Crippen molar-refractivity contribution >= 4 is 10.0 Å². The molecule has 96 valence electrons. The number of rotatable bonds is 5. The summed E-state index contributed by atoms with van der Waals surface area (Å²) in [5.41, 5.74) is 0.490. The van der Waals surface area contributed by atoms with Crippen LogP contribution in [0.1, 0.15) is 18.6 Å². The molecule has 0 aliphatic carbocycles. The van der Waals surface area contributed by atoms with Gasteiger partial charge in [0.1, 0.15) is 5.82 Å². The fraction of sp³-hybridized carbons (Fsp3) is 0.455. The highest BCUT2D eigenvalue weighted by Gasteiger charge is 2.19. The highest BCUT2D eigenvalue weighted by atomic mass is 32.2. The Morgan fingerprint density at radius 2 is 1.88 bits per heavy atom. The molecule has 6 heteroatoms. The van der Waals surface area contributed by atoms with Gasteiger partial charge in [0, 0.05) is 13.6 Å². The van der Waals surface area contributed by atoms with Crippen molar-refractivity contribution in [3.8, 4) is 0 Å². The minimum absolute atomic E-state index is 0.0142. The first-order valence-corrected chi connectivity index (χ1v) is 6.85. The van der Waals surface area contributed by atoms with Gasteiger partial charge in [0.15, 0.2) is 0 Å². The Hall–Kier alpha value is -0.980. The molecular formula is C11H16FNO3S. The third-order valence-electron chi connectivity index (χ3n) is 2.52. The first kappa shape index (κ1) is 14.1. The zero-order chi connectivity index (χ0) is 13.1. The molecule has 17 heavy (non-hydrogen) atoms. The SMILES string of the molecule is CCS(=O)(=O)N(C)CC(O)c1ccc(F)cc1. The molecular weight excluding hydrogens is 245 g/mol. The molecule has 1 rings (SSSR count). The number of hydrogen-bond donors (Lipinski definition) is 1. The van der Waals surface area contributed by atoms with Crippen LogP contribution in [-0.4, -0.2) is 37.2 Å². The zero-order valence-electron chi connectivity index (χ0n) is 9.80. The Balaban J connectivity index is 2.73. The predicted octanol–water partition coefficient (Wildman–Crippen LogP) is 1.14. The van der Waals surface area contributed by atoms with E-state index in [1.54, 1.807) is 0 Å². The number of nitrogens with zero attached hydrogens (tertiary/aromatic N) is 1. The maximum atomic E-state index is 12.7. The summed E-state index contributed by atoms with van der Waals surface area (Å²) in [5, 5.41) is 9.81. The van der Waals surface area contributed by atoms with E-state index in [1.807, 2.05) is 0 Å². The summed E-state index contributed by atoms with van der Waals surface area (Å²) in [6, 6.07) is 5.33. The van der Waals surface area contributed by atoms with Crippen LogP contribution in [-0.2, 0) is 10.0 Å². The van der Waals surface area contributed by atoms with Gasteiger partial charge in [-0.25, -0.2) is 17.1 Å². The largest absolute Gasteiger partial charge is 0.387 e. The van der Waals surface area contributed by atoms with Gasteiger partial charge in [0.2, 0.25) is 10.0 Å². The molecule has 4 nitrogen and oxygen atoms in total. The average molecular weight is 261 g/mol. The van der Waals surface area contributed by atoms with Crippen molar-refractivity contribution in [3.63, 3.8) is 0 Å². The van der Waals surface area contributed by atoms with Crippen LogP contribution in [0.3, 0.4) is 0 Å². The van der Waals surface area contributed by atoms with Crippen molar-refractivity contribution in [1.82, 2.24) is 4.31 Å². The second kappa shape index (κ2) is 5.57. The topological polar surface area (TPSA) is 57.6 Å². The third kappa shape index (κ3) is 3.76. The first-order valence-electron chi connectivity index (χ1n) is 5.24. The molecule has 0 aliphatic rings. The van der Waals surface area contributed by atoms with Crippen LogP contribution in [0.15, 0.2) is 24.3 Å². The minimum Gasteiger partial charge on any atom is -0.387 e. The number of sulfonamides is 1. The van der Waals surface area contributed by atoms with E-state index in [4.69, 9.17) is 0 Å². The van der Waals surface area contributed by atoms with Crippen LogP contribution in [0.5, 0.6) is 0 Å². The summed E-state index contributed by atoms with van der Waals surface area (Å²) in [6.07, 6.45) is -0.957. The van der Waals surface area contributed by atoms with Gasteiger partial charge in [-0.05, 0) is 24.6 Å². The number of aliphatic hydroxyl groups is 1. The van der Waals surface area contributed by atoms with Gasteiger partial charge in [0.25, 0.3) is 0 Å². The van der Waals surface area contributed by atoms with Gasteiger partial charge in [0.05, 0.1) is 11.9 Å². The zero-order valence-corrected chi connectivity index (χ0v) is 10.6. The summed E-state index contributed by atoms with van der Waals surface area (Å²) in [6.45, 7) is 1.50. The number of likely N-dealkylation sites (N-methyl/N-ethyl adjacent to an activating group) is 1. The van der Waals surface area contributed by atoms with Crippen molar-refractivity contribution in [2.45, 2.75) is 13.0 Å². The fourth-order valence-corrected chi connectivity index (χ4v) is 2.18. The van der Waals surface area contributed by atoms with E-state index in [-0.39, 0.29) is 12.3 Å². The molecule has 0 heterocycles. The number of hydrogen-bond acceptors (Lipinski definition) is 3. The van der Waals surface area contributed by atoms with E-state index < -0.39 is 21.9 Å². The summed E-state index contributed by atoms with van der Waals surface area (Å²) in [4.78, 5) is 0. The molecule has 1 atom stereocenters. The molecule has 0 saturated heterocycles. The van der Waals surface area contributed by atoms with Crippen molar-refractivity contribution in [2.75, 3.05) is 19.3 Å². The van der Waals surface area contributed by atoms with Gasteiger partial charge in [-0.1, -0.05) is 12.1 Å². The van der Waals surface area contributed by atoms with Crippen LogP contribution < -0.4 is 0 Å². The van der Waals surface area contributed by atoms with Crippen LogP contribution in [0, 0.1) is 5.82 Å². The molecule has 0 spiro atoms. The molecule has 0 saturated carbocycles.